The second kappa shape index (κ2) is 2.37. The summed E-state index contributed by atoms with van der Waals surface area (Å²) in [5.41, 5.74) is 0.343. The molecule has 0 bridgehead atoms. The number of hydrogen-bond donors (Lipinski definition) is 0. The van der Waals surface area contributed by atoms with Gasteiger partial charge in [-0.3, -0.25) is 4.79 Å². The number of carbonyl (C=O) groups is 1. The molecule has 0 aromatic carbocycles. The van der Waals surface area contributed by atoms with E-state index in [1.807, 2.05) is 0 Å². The molecule has 0 saturated carbocycles. The molecule has 9 heavy (non-hydrogen) atoms. The molecule has 4 heteroatoms. The Hall–Kier alpha value is -1.21. The molecule has 1 aromatic heterocycles. The minimum Gasteiger partial charge on any atom is -0.297 e. The van der Waals surface area contributed by atoms with Crippen molar-refractivity contribution >= 4 is 23.3 Å². The summed E-state index contributed by atoms with van der Waals surface area (Å²) in [5, 5.41) is 9.90. The van der Waals surface area contributed by atoms with Crippen molar-refractivity contribution in [2.45, 2.75) is 0 Å². The highest BCUT2D eigenvalue weighted by Gasteiger charge is 2.12. The molecule has 0 spiro atoms. The molecule has 0 aliphatic heterocycles. The lowest BCUT2D eigenvalue weighted by molar-refractivity contribution is 0.112. The van der Waals surface area contributed by atoms with Gasteiger partial charge in [-0.15, -0.1) is 11.3 Å². The Bertz CT molecular complexity index is 260. The minimum absolute atomic E-state index is 0.343. The van der Waals surface area contributed by atoms with Gasteiger partial charge in [0.15, 0.2) is 16.1 Å². The van der Waals surface area contributed by atoms with Crippen LogP contribution in [0.5, 0.6) is 0 Å². The van der Waals surface area contributed by atoms with Gasteiger partial charge in [-0.05, 0) is 5.38 Å². The van der Waals surface area contributed by atoms with Crippen LogP contribution in [0.25, 0.3) is 4.98 Å². The third-order valence-electron chi connectivity index (χ3n) is 0.888. The lowest BCUT2D eigenvalue weighted by Crippen LogP contribution is -1.65. The van der Waals surface area contributed by atoms with Crippen LogP contribution in [0, 0.1) is 5.39 Å². The Morgan fingerprint density at radius 3 is 3.00 bits per heavy atom. The SMILES string of the molecule is N#[N+]c1ccsc1C=O. The molecule has 1 rings (SSSR count). The summed E-state index contributed by atoms with van der Waals surface area (Å²) in [4.78, 5) is 13.4. The van der Waals surface area contributed by atoms with E-state index in [9.17, 15) is 4.79 Å². The molecule has 1 aromatic rings. The quantitative estimate of drug-likeness (QED) is 0.441. The fourth-order valence-corrected chi connectivity index (χ4v) is 1.11. The maximum Gasteiger partial charge on any atom is 0.406 e. The van der Waals surface area contributed by atoms with E-state index >= 15 is 0 Å². The van der Waals surface area contributed by atoms with E-state index < -0.39 is 0 Å². The molecular weight excluding hydrogens is 136 g/mol. The maximum absolute atomic E-state index is 10.1. The lowest BCUT2D eigenvalue weighted by atomic mass is 10.4. The Balaban J connectivity index is 3.17. The minimum atomic E-state index is 0.343. The predicted molar refractivity (Wildman–Crippen MR) is 34.5 cm³/mol. The van der Waals surface area contributed by atoms with Crippen molar-refractivity contribution in [1.82, 2.24) is 0 Å². The molecule has 0 unspecified atom stereocenters. The van der Waals surface area contributed by atoms with E-state index in [0.29, 0.717) is 16.9 Å². The zero-order chi connectivity index (χ0) is 6.69. The van der Waals surface area contributed by atoms with Crippen molar-refractivity contribution in [1.29, 1.82) is 5.39 Å². The van der Waals surface area contributed by atoms with Crippen molar-refractivity contribution in [3.63, 3.8) is 0 Å². The summed E-state index contributed by atoms with van der Waals surface area (Å²) < 4.78 is 0. The van der Waals surface area contributed by atoms with Gasteiger partial charge in [-0.25, -0.2) is 0 Å². The van der Waals surface area contributed by atoms with Gasteiger partial charge in [0, 0.05) is 6.07 Å². The van der Waals surface area contributed by atoms with E-state index in [4.69, 9.17) is 5.39 Å². The smallest absolute Gasteiger partial charge is 0.297 e. The maximum atomic E-state index is 10.1. The first kappa shape index (κ1) is 5.92. The van der Waals surface area contributed by atoms with Gasteiger partial charge in [0.25, 0.3) is 0 Å². The molecule has 0 aliphatic carbocycles. The van der Waals surface area contributed by atoms with Crippen LogP contribution in [0.3, 0.4) is 0 Å². The number of carbonyl (C=O) groups excluding carboxylic acids is 1. The highest BCUT2D eigenvalue weighted by molar-refractivity contribution is 7.12. The first-order chi connectivity index (χ1) is 4.38. The van der Waals surface area contributed by atoms with Gasteiger partial charge in [0.05, 0.1) is 0 Å². The highest BCUT2D eigenvalue weighted by Crippen LogP contribution is 2.22. The normalized spacial score (nSPS) is 8.33. The van der Waals surface area contributed by atoms with Gasteiger partial charge < -0.3 is 0 Å². The summed E-state index contributed by atoms with van der Waals surface area (Å²) in [6.07, 6.45) is 0.666. The number of thiophene rings is 1. The van der Waals surface area contributed by atoms with Gasteiger partial charge in [0.1, 0.15) is 0 Å². The van der Waals surface area contributed by atoms with Crippen molar-refractivity contribution in [2.75, 3.05) is 0 Å². The second-order valence-electron chi connectivity index (χ2n) is 1.39. The van der Waals surface area contributed by atoms with Gasteiger partial charge in [0.2, 0.25) is 5.39 Å². The van der Waals surface area contributed by atoms with E-state index in [-0.39, 0.29) is 0 Å². The summed E-state index contributed by atoms with van der Waals surface area (Å²) in [5.74, 6) is 0. The molecule has 1 heterocycles. The molecule has 0 saturated heterocycles. The predicted octanol–water partition coefficient (Wildman–Crippen LogP) is 2.05. The number of aldehydes is 1. The summed E-state index contributed by atoms with van der Waals surface area (Å²) in [7, 11) is 0. The third kappa shape index (κ3) is 0.952. The van der Waals surface area contributed by atoms with Crippen LogP contribution in [0.2, 0.25) is 0 Å². The van der Waals surface area contributed by atoms with E-state index in [2.05, 4.69) is 4.98 Å². The average molecular weight is 139 g/mol. The zero-order valence-electron chi connectivity index (χ0n) is 4.44. The Labute approximate surface area is 55.6 Å². The van der Waals surface area contributed by atoms with E-state index in [0.717, 1.165) is 0 Å². The molecule has 0 amide bonds. The van der Waals surface area contributed by atoms with Crippen molar-refractivity contribution in [3.8, 4) is 0 Å². The lowest BCUT2D eigenvalue weighted by Gasteiger charge is -1.64. The highest BCUT2D eigenvalue weighted by atomic mass is 32.1. The monoisotopic (exact) mass is 139 g/mol. The summed E-state index contributed by atoms with van der Waals surface area (Å²) >= 11 is 1.25. The molecular formula is C5H3N2OS+. The third-order valence-corrected chi connectivity index (χ3v) is 1.72. The largest absolute Gasteiger partial charge is 0.406 e. The van der Waals surface area contributed by atoms with Gasteiger partial charge in [-0.1, -0.05) is 0 Å². The topological polar surface area (TPSA) is 45.2 Å². The first-order valence-corrected chi connectivity index (χ1v) is 3.14. The molecule has 44 valence electrons. The summed E-state index contributed by atoms with van der Waals surface area (Å²) in [6.45, 7) is 0. The Kier molecular flexibility index (Phi) is 1.56. The van der Waals surface area contributed by atoms with Crippen LogP contribution >= 0.6 is 11.3 Å². The van der Waals surface area contributed by atoms with E-state index in [1.165, 1.54) is 11.3 Å². The van der Waals surface area contributed by atoms with Crippen molar-refractivity contribution in [2.24, 2.45) is 0 Å². The first-order valence-electron chi connectivity index (χ1n) is 2.26. The van der Waals surface area contributed by atoms with Crippen molar-refractivity contribution < 1.29 is 4.79 Å². The fraction of sp³-hybridized carbons (Fsp3) is 0. The van der Waals surface area contributed by atoms with Crippen LogP contribution < -0.4 is 0 Å². The molecule has 0 aliphatic rings. The number of diazo groups is 1. The average Bonchev–Trinajstić information content (AvgIpc) is 2.33. The standard InChI is InChI=1S/C5H3N2OS/c6-7-4-1-2-9-5(4)3-8/h1-3H/q+1. The zero-order valence-corrected chi connectivity index (χ0v) is 5.26. The van der Waals surface area contributed by atoms with Crippen LogP contribution in [-0.4, -0.2) is 6.29 Å². The number of nitrogens with zero attached hydrogens (tertiary/aromatic N) is 2. The Morgan fingerprint density at radius 2 is 2.56 bits per heavy atom. The number of rotatable bonds is 1. The summed E-state index contributed by atoms with van der Waals surface area (Å²) in [6, 6.07) is 1.58. The number of hydrogen-bond acceptors (Lipinski definition) is 3. The molecule has 0 fully saturated rings. The Morgan fingerprint density at radius 1 is 1.78 bits per heavy atom. The van der Waals surface area contributed by atoms with Crippen LogP contribution in [0.1, 0.15) is 9.67 Å². The van der Waals surface area contributed by atoms with Crippen molar-refractivity contribution in [3.05, 3.63) is 21.3 Å². The van der Waals surface area contributed by atoms with Crippen LogP contribution in [-0.2, 0) is 0 Å². The molecule has 0 N–H and O–H groups in total. The molecule has 0 radical (unpaired) electrons. The van der Waals surface area contributed by atoms with Crippen LogP contribution in [0.15, 0.2) is 11.4 Å². The van der Waals surface area contributed by atoms with Crippen LogP contribution in [0.4, 0.5) is 5.69 Å². The molecule has 0 atom stereocenters. The van der Waals surface area contributed by atoms with E-state index in [1.54, 1.807) is 11.4 Å². The van der Waals surface area contributed by atoms with Gasteiger partial charge >= 0.3 is 5.69 Å². The second-order valence-corrected chi connectivity index (χ2v) is 2.34. The molecule has 3 nitrogen and oxygen atoms in total. The van der Waals surface area contributed by atoms with Gasteiger partial charge in [-0.2, -0.15) is 0 Å². The fourth-order valence-electron chi connectivity index (χ4n) is 0.485.